The zero-order valence-corrected chi connectivity index (χ0v) is 20.3. The molecule has 0 saturated heterocycles. The Morgan fingerprint density at radius 1 is 1.26 bits per heavy atom. The number of non-ortho nitro benzene ring substituents is 1. The van der Waals surface area contributed by atoms with Gasteiger partial charge in [0.2, 0.25) is 0 Å². The number of dihydropyridines is 1. The lowest BCUT2D eigenvalue weighted by atomic mass is 9.82. The number of allylic oxidation sites excluding steroid dienone is 1. The van der Waals surface area contributed by atoms with E-state index in [1.54, 1.807) is 24.1 Å². The molecule has 0 bridgehead atoms. The summed E-state index contributed by atoms with van der Waals surface area (Å²) in [5, 5.41) is 15.7. The molecule has 1 N–H and O–H groups in total. The zero-order valence-electron chi connectivity index (χ0n) is 19.5. The van der Waals surface area contributed by atoms with Crippen LogP contribution in [0.3, 0.4) is 0 Å². The van der Waals surface area contributed by atoms with Crippen molar-refractivity contribution in [3.05, 3.63) is 97.7 Å². The number of hydrogen-bond donors (Lipinski definition) is 1. The fourth-order valence-electron chi connectivity index (χ4n) is 4.32. The molecule has 0 amide bonds. The molecule has 2 aromatic rings. The molecule has 2 heterocycles. The molecule has 8 nitrogen and oxygen atoms in total. The van der Waals surface area contributed by atoms with E-state index in [9.17, 15) is 14.9 Å². The van der Waals surface area contributed by atoms with Crippen LogP contribution in [0.4, 0.5) is 5.69 Å². The summed E-state index contributed by atoms with van der Waals surface area (Å²) < 4.78 is 7.78. The molecular weight excluding hydrogens is 452 g/mol. The van der Waals surface area contributed by atoms with Crippen LogP contribution < -0.4 is 5.32 Å². The average Bonchev–Trinajstić information content (AvgIpc) is 3.18. The molecule has 1 unspecified atom stereocenters. The summed E-state index contributed by atoms with van der Waals surface area (Å²) in [7, 11) is 3.97. The highest BCUT2D eigenvalue weighted by molar-refractivity contribution is 8.01. The van der Waals surface area contributed by atoms with Gasteiger partial charge in [-0.3, -0.25) is 15.0 Å². The number of rotatable bonds is 8. The molecule has 2 aromatic carbocycles. The zero-order chi connectivity index (χ0) is 24.2. The Morgan fingerprint density at radius 3 is 2.76 bits per heavy atom. The highest BCUT2D eigenvalue weighted by Gasteiger charge is 2.39. The predicted molar refractivity (Wildman–Crippen MR) is 133 cm³/mol. The van der Waals surface area contributed by atoms with Crippen molar-refractivity contribution in [3.8, 4) is 0 Å². The number of ether oxygens (including phenoxy) is 1. The number of nitrogens with one attached hydrogen (secondary N) is 1. The number of likely N-dealkylation sites (N-methyl/N-ethyl adjacent to an activating group) is 2. The van der Waals surface area contributed by atoms with Crippen molar-refractivity contribution in [1.29, 1.82) is 0 Å². The van der Waals surface area contributed by atoms with Crippen molar-refractivity contribution >= 4 is 23.6 Å². The van der Waals surface area contributed by atoms with Gasteiger partial charge in [-0.15, -0.1) is 0 Å². The van der Waals surface area contributed by atoms with E-state index in [2.05, 4.69) is 26.7 Å². The summed E-state index contributed by atoms with van der Waals surface area (Å²) in [5.41, 5.74) is 4.14. The van der Waals surface area contributed by atoms with Crippen LogP contribution >= 0.6 is 11.9 Å². The molecular formula is C25H28N4O4S. The van der Waals surface area contributed by atoms with Crippen LogP contribution in [0.1, 0.15) is 24.0 Å². The third-order valence-corrected chi connectivity index (χ3v) is 6.90. The highest BCUT2D eigenvalue weighted by atomic mass is 32.2. The fourth-order valence-corrected chi connectivity index (χ4v) is 5.33. The second-order valence-corrected chi connectivity index (χ2v) is 9.75. The van der Waals surface area contributed by atoms with Gasteiger partial charge in [0.15, 0.2) is 0 Å². The van der Waals surface area contributed by atoms with Crippen LogP contribution in [-0.4, -0.2) is 53.9 Å². The number of carbonyl (C=O) groups excluding carboxylic acids is 1. The van der Waals surface area contributed by atoms with Crippen LogP contribution in [0, 0.1) is 10.1 Å². The summed E-state index contributed by atoms with van der Waals surface area (Å²) in [5.74, 6) is -0.802. The molecule has 0 saturated carbocycles. The minimum atomic E-state index is -0.410. The third kappa shape index (κ3) is 5.32. The van der Waals surface area contributed by atoms with Crippen LogP contribution in [-0.2, 0) is 16.1 Å². The Kier molecular flexibility index (Phi) is 7.35. The van der Waals surface area contributed by atoms with Crippen molar-refractivity contribution in [2.24, 2.45) is 0 Å². The Morgan fingerprint density at radius 2 is 2.03 bits per heavy atom. The van der Waals surface area contributed by atoms with Crippen molar-refractivity contribution in [1.82, 2.24) is 14.5 Å². The second kappa shape index (κ2) is 10.4. The van der Waals surface area contributed by atoms with Gasteiger partial charge in [0.05, 0.1) is 15.5 Å². The molecule has 178 valence electrons. The summed E-state index contributed by atoms with van der Waals surface area (Å²) in [4.78, 5) is 26.4. The quantitative estimate of drug-likeness (QED) is 0.262. The van der Waals surface area contributed by atoms with Gasteiger partial charge in [-0.2, -0.15) is 0 Å². The first-order valence-electron chi connectivity index (χ1n) is 11.1. The molecule has 0 spiro atoms. The van der Waals surface area contributed by atoms with Gasteiger partial charge in [0.1, 0.15) is 6.61 Å². The van der Waals surface area contributed by atoms with Crippen molar-refractivity contribution < 1.29 is 14.5 Å². The number of benzene rings is 2. The van der Waals surface area contributed by atoms with E-state index in [1.165, 1.54) is 11.6 Å². The van der Waals surface area contributed by atoms with Gasteiger partial charge in [-0.25, -0.2) is 9.10 Å². The summed E-state index contributed by atoms with van der Waals surface area (Å²) in [6.07, 6.45) is 0. The first-order chi connectivity index (χ1) is 16.3. The minimum absolute atomic E-state index is 0.00472. The Balaban J connectivity index is 1.51. The van der Waals surface area contributed by atoms with Gasteiger partial charge in [-0.05, 0) is 49.7 Å². The van der Waals surface area contributed by atoms with E-state index in [1.807, 2.05) is 45.3 Å². The summed E-state index contributed by atoms with van der Waals surface area (Å²) in [6, 6.07) is 16.6. The highest BCUT2D eigenvalue weighted by Crippen LogP contribution is 2.46. The van der Waals surface area contributed by atoms with Gasteiger partial charge in [-0.1, -0.05) is 42.5 Å². The smallest absolute Gasteiger partial charge is 0.336 e. The Hall–Kier alpha value is -3.14. The van der Waals surface area contributed by atoms with Gasteiger partial charge < -0.3 is 10.1 Å². The molecule has 0 fully saturated rings. The van der Waals surface area contributed by atoms with E-state index < -0.39 is 16.8 Å². The molecule has 4 rings (SSSR count). The molecule has 2 aliphatic rings. The van der Waals surface area contributed by atoms with Crippen molar-refractivity contribution in [3.63, 3.8) is 0 Å². The van der Waals surface area contributed by atoms with E-state index >= 15 is 0 Å². The fraction of sp³-hybridized carbons (Fsp3) is 0.320. The van der Waals surface area contributed by atoms with E-state index in [0.717, 1.165) is 17.1 Å². The van der Waals surface area contributed by atoms with E-state index in [0.29, 0.717) is 29.9 Å². The van der Waals surface area contributed by atoms with Gasteiger partial charge in [0, 0.05) is 43.4 Å². The first kappa shape index (κ1) is 24.0. The maximum Gasteiger partial charge on any atom is 0.336 e. The number of carbonyl (C=O) groups is 1. The molecule has 0 aliphatic carbocycles. The molecule has 2 aliphatic heterocycles. The van der Waals surface area contributed by atoms with Crippen molar-refractivity contribution in [2.75, 3.05) is 33.8 Å². The Labute approximate surface area is 203 Å². The van der Waals surface area contributed by atoms with Crippen LogP contribution in [0.15, 0.2) is 76.5 Å². The van der Waals surface area contributed by atoms with E-state index in [4.69, 9.17) is 4.74 Å². The maximum atomic E-state index is 13.3. The number of esters is 1. The normalized spacial score (nSPS) is 18.2. The van der Waals surface area contributed by atoms with Crippen LogP contribution in [0.25, 0.3) is 0 Å². The summed E-state index contributed by atoms with van der Waals surface area (Å²) in [6.45, 7) is 4.10. The predicted octanol–water partition coefficient (Wildman–Crippen LogP) is 4.04. The van der Waals surface area contributed by atoms with Gasteiger partial charge in [0.25, 0.3) is 5.69 Å². The standard InChI is InChI=1S/C25H28N4O4S/c1-17-22(25(30)33-13-12-27(2)15-18-8-5-4-6-9-18)23(21-16-28(3)34-24(21)26-17)19-10-7-11-20(14-19)29(31)32/h4-11,14,23,26H,12-13,15-16H2,1-3H3. The third-order valence-electron chi connectivity index (χ3n) is 5.91. The maximum absolute atomic E-state index is 13.3. The second-order valence-electron chi connectivity index (χ2n) is 8.54. The monoisotopic (exact) mass is 480 g/mol. The van der Waals surface area contributed by atoms with Crippen LogP contribution in [0.2, 0.25) is 0 Å². The molecule has 34 heavy (non-hydrogen) atoms. The first-order valence-corrected chi connectivity index (χ1v) is 11.8. The minimum Gasteiger partial charge on any atom is -0.461 e. The number of hydrogen-bond acceptors (Lipinski definition) is 8. The van der Waals surface area contributed by atoms with Crippen LogP contribution in [0.5, 0.6) is 0 Å². The lowest BCUT2D eigenvalue weighted by molar-refractivity contribution is -0.384. The van der Waals surface area contributed by atoms with Gasteiger partial charge >= 0.3 is 5.97 Å². The molecule has 0 aromatic heterocycles. The summed E-state index contributed by atoms with van der Waals surface area (Å²) >= 11 is 1.57. The molecule has 0 radical (unpaired) electrons. The molecule has 1 atom stereocenters. The van der Waals surface area contributed by atoms with E-state index in [-0.39, 0.29) is 12.3 Å². The number of nitro benzene ring substituents is 1. The largest absolute Gasteiger partial charge is 0.461 e. The number of nitrogens with zero attached hydrogens (tertiary/aromatic N) is 3. The number of nitro groups is 1. The Bertz CT molecular complexity index is 1150. The topological polar surface area (TPSA) is 87.9 Å². The average molecular weight is 481 g/mol. The molecule has 9 heteroatoms. The van der Waals surface area contributed by atoms with Crippen molar-refractivity contribution in [2.45, 2.75) is 19.4 Å². The SMILES string of the molecule is CC1=C(C(=O)OCCN(C)Cc2ccccc2)C(c2cccc([N+](=O)[O-])c2)C2=C(N1)SN(C)C2. The lowest BCUT2D eigenvalue weighted by Crippen LogP contribution is -2.30. The lowest BCUT2D eigenvalue weighted by Gasteiger charge is -2.29.